The van der Waals surface area contributed by atoms with Crippen LogP contribution < -0.4 is 0 Å². The van der Waals surface area contributed by atoms with Crippen LogP contribution in [0.1, 0.15) is 22.3 Å². The van der Waals surface area contributed by atoms with Gasteiger partial charge in [-0.2, -0.15) is 5.10 Å². The summed E-state index contributed by atoms with van der Waals surface area (Å²) in [7, 11) is 0. The summed E-state index contributed by atoms with van der Waals surface area (Å²) in [5.41, 5.74) is 1.61. The predicted molar refractivity (Wildman–Crippen MR) is 79.4 cm³/mol. The lowest BCUT2D eigenvalue weighted by molar-refractivity contribution is -0.141. The van der Waals surface area contributed by atoms with E-state index in [4.69, 9.17) is 5.11 Å². The van der Waals surface area contributed by atoms with Gasteiger partial charge in [-0.1, -0.05) is 30.3 Å². The Bertz CT molecular complexity index is 681. The van der Waals surface area contributed by atoms with Crippen molar-refractivity contribution in [1.29, 1.82) is 0 Å². The van der Waals surface area contributed by atoms with Gasteiger partial charge in [-0.3, -0.25) is 14.3 Å². The highest BCUT2D eigenvalue weighted by molar-refractivity contribution is 5.94. The molecule has 1 aromatic carbocycles. The Hall–Kier alpha value is -2.63. The minimum absolute atomic E-state index is 0.150. The number of carboxylic acids is 1. The van der Waals surface area contributed by atoms with E-state index in [1.54, 1.807) is 22.0 Å². The van der Waals surface area contributed by atoms with Crippen molar-refractivity contribution >= 4 is 11.9 Å². The Balaban J connectivity index is 1.66. The topological polar surface area (TPSA) is 75.4 Å². The molecule has 0 saturated carbocycles. The zero-order valence-electron chi connectivity index (χ0n) is 12.1. The fourth-order valence-corrected chi connectivity index (χ4v) is 2.66. The molecule has 1 atom stereocenters. The normalized spacial score (nSPS) is 17.6. The molecule has 22 heavy (non-hydrogen) atoms. The van der Waals surface area contributed by atoms with E-state index in [9.17, 15) is 9.59 Å². The smallest absolute Gasteiger partial charge is 0.308 e. The summed E-state index contributed by atoms with van der Waals surface area (Å²) in [5.74, 6) is -1.44. The number of hydrogen-bond acceptors (Lipinski definition) is 3. The summed E-state index contributed by atoms with van der Waals surface area (Å²) in [6.45, 7) is 1.36. The molecular formula is C16H17N3O3. The maximum Gasteiger partial charge on any atom is 0.308 e. The van der Waals surface area contributed by atoms with Crippen LogP contribution >= 0.6 is 0 Å². The van der Waals surface area contributed by atoms with Crippen LogP contribution in [0.5, 0.6) is 0 Å². The maximum atomic E-state index is 12.4. The highest BCUT2D eigenvalue weighted by atomic mass is 16.4. The van der Waals surface area contributed by atoms with Crippen molar-refractivity contribution in [1.82, 2.24) is 14.7 Å². The number of benzene rings is 1. The lowest BCUT2D eigenvalue weighted by Gasteiger charge is -2.14. The van der Waals surface area contributed by atoms with Gasteiger partial charge in [0.1, 0.15) is 0 Å². The first-order valence-corrected chi connectivity index (χ1v) is 7.22. The second-order valence-electron chi connectivity index (χ2n) is 5.49. The summed E-state index contributed by atoms with van der Waals surface area (Å²) < 4.78 is 1.72. The van der Waals surface area contributed by atoms with Gasteiger partial charge in [0.25, 0.3) is 5.91 Å². The van der Waals surface area contributed by atoms with Gasteiger partial charge in [-0.25, -0.2) is 0 Å². The molecule has 1 N–H and O–H groups in total. The predicted octanol–water partition coefficient (Wildman–Crippen LogP) is 1.48. The molecular weight excluding hydrogens is 282 g/mol. The van der Waals surface area contributed by atoms with Crippen molar-refractivity contribution in [2.75, 3.05) is 13.1 Å². The number of carbonyl (C=O) groups is 2. The van der Waals surface area contributed by atoms with Gasteiger partial charge in [-0.15, -0.1) is 0 Å². The van der Waals surface area contributed by atoms with Crippen LogP contribution in [-0.4, -0.2) is 44.8 Å². The number of carbonyl (C=O) groups excluding carboxylic acids is 1. The number of likely N-dealkylation sites (tertiary alicyclic amines) is 1. The van der Waals surface area contributed by atoms with Crippen LogP contribution in [0.4, 0.5) is 0 Å². The summed E-state index contributed by atoms with van der Waals surface area (Å²) in [6, 6.07) is 9.87. The number of amides is 1. The lowest BCUT2D eigenvalue weighted by atomic mass is 10.1. The van der Waals surface area contributed by atoms with Crippen molar-refractivity contribution < 1.29 is 14.7 Å². The van der Waals surface area contributed by atoms with Crippen LogP contribution in [0.3, 0.4) is 0 Å². The summed E-state index contributed by atoms with van der Waals surface area (Å²) >= 11 is 0. The summed E-state index contributed by atoms with van der Waals surface area (Å²) in [6.07, 6.45) is 3.77. The Labute approximate surface area is 128 Å². The van der Waals surface area contributed by atoms with Gasteiger partial charge in [0, 0.05) is 19.3 Å². The summed E-state index contributed by atoms with van der Waals surface area (Å²) in [5, 5.41) is 13.2. The zero-order valence-corrected chi connectivity index (χ0v) is 12.1. The number of nitrogens with zero attached hydrogens (tertiary/aromatic N) is 3. The number of aliphatic carboxylic acids is 1. The number of carboxylic acid groups (broad SMARTS) is 1. The SMILES string of the molecule is O=C(O)[C@@H]1CCN(C(=O)c2cnn(Cc3ccccc3)c2)C1. The molecule has 6 nitrogen and oxygen atoms in total. The first kappa shape index (κ1) is 14.3. The molecule has 1 fully saturated rings. The Morgan fingerprint density at radius 2 is 2.05 bits per heavy atom. The second-order valence-corrected chi connectivity index (χ2v) is 5.49. The van der Waals surface area contributed by atoms with Gasteiger partial charge < -0.3 is 10.0 Å². The van der Waals surface area contributed by atoms with Crippen LogP contribution in [-0.2, 0) is 11.3 Å². The molecule has 1 aliphatic heterocycles. The quantitative estimate of drug-likeness (QED) is 0.928. The molecule has 0 spiro atoms. The third kappa shape index (κ3) is 3.00. The van der Waals surface area contributed by atoms with Crippen LogP contribution in [0.2, 0.25) is 0 Å². The fraction of sp³-hybridized carbons (Fsp3) is 0.312. The van der Waals surface area contributed by atoms with E-state index in [1.165, 1.54) is 0 Å². The highest BCUT2D eigenvalue weighted by Crippen LogP contribution is 2.18. The number of aromatic nitrogens is 2. The number of hydrogen-bond donors (Lipinski definition) is 1. The minimum atomic E-state index is -0.838. The van der Waals surface area contributed by atoms with Crippen molar-refractivity contribution in [2.45, 2.75) is 13.0 Å². The molecule has 2 heterocycles. The van der Waals surface area contributed by atoms with Crippen molar-refractivity contribution in [3.05, 3.63) is 53.9 Å². The average molecular weight is 299 g/mol. The minimum Gasteiger partial charge on any atom is -0.481 e. The molecule has 0 radical (unpaired) electrons. The molecule has 1 amide bonds. The molecule has 1 aromatic heterocycles. The lowest BCUT2D eigenvalue weighted by Crippen LogP contribution is -2.29. The third-order valence-electron chi connectivity index (χ3n) is 3.89. The van der Waals surface area contributed by atoms with Crippen molar-refractivity contribution in [3.63, 3.8) is 0 Å². The fourth-order valence-electron chi connectivity index (χ4n) is 2.66. The Morgan fingerprint density at radius 3 is 2.73 bits per heavy atom. The monoisotopic (exact) mass is 299 g/mol. The van der Waals surface area contributed by atoms with Crippen LogP contribution in [0.25, 0.3) is 0 Å². The van der Waals surface area contributed by atoms with E-state index in [1.807, 2.05) is 30.3 Å². The first-order chi connectivity index (χ1) is 10.6. The largest absolute Gasteiger partial charge is 0.481 e. The van der Waals surface area contributed by atoms with E-state index in [-0.39, 0.29) is 12.5 Å². The molecule has 1 aliphatic rings. The summed E-state index contributed by atoms with van der Waals surface area (Å²) in [4.78, 5) is 24.9. The van der Waals surface area contributed by atoms with Gasteiger partial charge in [0.05, 0.1) is 24.2 Å². The average Bonchev–Trinajstić information content (AvgIpc) is 3.17. The second kappa shape index (κ2) is 6.01. The highest BCUT2D eigenvalue weighted by Gasteiger charge is 2.31. The van der Waals surface area contributed by atoms with Crippen molar-refractivity contribution in [2.24, 2.45) is 5.92 Å². The molecule has 0 bridgehead atoms. The van der Waals surface area contributed by atoms with E-state index < -0.39 is 11.9 Å². The van der Waals surface area contributed by atoms with Crippen LogP contribution in [0, 0.1) is 5.92 Å². The number of rotatable bonds is 4. The van der Waals surface area contributed by atoms with E-state index in [0.717, 1.165) is 5.56 Å². The molecule has 0 unspecified atom stereocenters. The molecule has 6 heteroatoms. The molecule has 3 rings (SSSR count). The molecule has 0 aliphatic carbocycles. The Morgan fingerprint density at radius 1 is 1.27 bits per heavy atom. The zero-order chi connectivity index (χ0) is 15.5. The van der Waals surface area contributed by atoms with E-state index in [0.29, 0.717) is 25.1 Å². The van der Waals surface area contributed by atoms with Gasteiger partial charge >= 0.3 is 5.97 Å². The van der Waals surface area contributed by atoms with Crippen molar-refractivity contribution in [3.8, 4) is 0 Å². The maximum absolute atomic E-state index is 12.4. The first-order valence-electron chi connectivity index (χ1n) is 7.22. The standard InChI is InChI=1S/C16H17N3O3/c20-15(18-7-6-13(10-18)16(21)22)14-8-17-19(11-14)9-12-4-2-1-3-5-12/h1-5,8,11,13H,6-7,9-10H2,(H,21,22)/t13-/m1/s1. The van der Waals surface area contributed by atoms with E-state index >= 15 is 0 Å². The Kier molecular flexibility index (Phi) is 3.91. The van der Waals surface area contributed by atoms with Gasteiger partial charge in [0.2, 0.25) is 0 Å². The van der Waals surface area contributed by atoms with E-state index in [2.05, 4.69) is 5.10 Å². The molecule has 1 saturated heterocycles. The molecule has 2 aromatic rings. The molecule has 114 valence electrons. The third-order valence-corrected chi connectivity index (χ3v) is 3.89. The van der Waals surface area contributed by atoms with Gasteiger partial charge in [0.15, 0.2) is 0 Å². The van der Waals surface area contributed by atoms with Gasteiger partial charge in [-0.05, 0) is 12.0 Å². The van der Waals surface area contributed by atoms with Crippen LogP contribution in [0.15, 0.2) is 42.7 Å².